The van der Waals surface area contributed by atoms with Gasteiger partial charge in [-0.1, -0.05) is 35.9 Å². The van der Waals surface area contributed by atoms with Gasteiger partial charge in [0.15, 0.2) is 0 Å². The van der Waals surface area contributed by atoms with Crippen molar-refractivity contribution in [3.63, 3.8) is 0 Å². The Morgan fingerprint density at radius 3 is 2.57 bits per heavy atom. The van der Waals surface area contributed by atoms with Crippen LogP contribution in [0.2, 0.25) is 0 Å². The Kier molecular flexibility index (Phi) is 5.59. The van der Waals surface area contributed by atoms with E-state index in [1.54, 1.807) is 36.1 Å². The van der Waals surface area contributed by atoms with E-state index in [1.165, 1.54) is 17.8 Å². The van der Waals surface area contributed by atoms with Gasteiger partial charge >= 0.3 is 0 Å². The summed E-state index contributed by atoms with van der Waals surface area (Å²) in [6.07, 6.45) is 0. The first-order valence-corrected chi connectivity index (χ1v) is 10.7. The van der Waals surface area contributed by atoms with Crippen LogP contribution in [0.15, 0.2) is 66.7 Å². The Morgan fingerprint density at radius 1 is 1.07 bits per heavy atom. The molecule has 0 bridgehead atoms. The number of anilines is 2. The lowest BCUT2D eigenvalue weighted by Gasteiger charge is -2.26. The van der Waals surface area contributed by atoms with Gasteiger partial charge in [0.05, 0.1) is 11.4 Å². The van der Waals surface area contributed by atoms with Crippen LogP contribution in [-0.2, 0) is 4.79 Å². The smallest absolute Gasteiger partial charge is 0.255 e. The summed E-state index contributed by atoms with van der Waals surface area (Å²) in [6.45, 7) is 3.65. The number of amides is 2. The van der Waals surface area contributed by atoms with E-state index < -0.39 is 0 Å². The fraction of sp³-hybridized carbons (Fsp3) is 0.167. The van der Waals surface area contributed by atoms with Gasteiger partial charge in [-0.05, 0) is 55.8 Å². The van der Waals surface area contributed by atoms with E-state index in [0.717, 1.165) is 11.1 Å². The summed E-state index contributed by atoms with van der Waals surface area (Å²) in [6, 6.07) is 19.6. The lowest BCUT2D eigenvalue weighted by atomic mass is 10.1. The minimum atomic E-state index is -0.338. The number of benzene rings is 3. The van der Waals surface area contributed by atoms with E-state index >= 15 is 0 Å². The standard InChI is InChI=1S/C24H21FN2O2S/c1-15-9-11-17(12-10-15)23(29)26-19-6-3-5-18(13-19)24-27(22(28)14-30-24)21-8-4-7-20(25)16(21)2/h3-13,24H,14H2,1-2H3,(H,26,29)/t24-/m1/s1. The molecule has 1 aliphatic rings. The summed E-state index contributed by atoms with van der Waals surface area (Å²) >= 11 is 1.49. The van der Waals surface area contributed by atoms with Gasteiger partial charge in [-0.3, -0.25) is 14.5 Å². The van der Waals surface area contributed by atoms with Crippen molar-refractivity contribution in [1.29, 1.82) is 0 Å². The Bertz CT molecular complexity index is 1110. The largest absolute Gasteiger partial charge is 0.322 e. The van der Waals surface area contributed by atoms with E-state index in [2.05, 4.69) is 5.32 Å². The second-order valence-corrected chi connectivity index (χ2v) is 8.33. The zero-order chi connectivity index (χ0) is 21.3. The maximum absolute atomic E-state index is 14.1. The zero-order valence-electron chi connectivity index (χ0n) is 16.7. The number of thioether (sulfide) groups is 1. The number of nitrogens with one attached hydrogen (secondary N) is 1. The van der Waals surface area contributed by atoms with Gasteiger partial charge in [0.1, 0.15) is 11.2 Å². The Hall–Kier alpha value is -3.12. The lowest BCUT2D eigenvalue weighted by Crippen LogP contribution is -2.28. The fourth-order valence-electron chi connectivity index (χ4n) is 3.47. The highest BCUT2D eigenvalue weighted by Gasteiger charge is 2.35. The third-order valence-corrected chi connectivity index (χ3v) is 6.32. The van der Waals surface area contributed by atoms with Crippen LogP contribution in [-0.4, -0.2) is 17.6 Å². The molecule has 1 saturated heterocycles. The number of halogens is 1. The molecule has 0 saturated carbocycles. The molecule has 0 unspecified atom stereocenters. The van der Waals surface area contributed by atoms with Gasteiger partial charge in [0.25, 0.3) is 5.91 Å². The predicted octanol–water partition coefficient (Wildman–Crippen LogP) is 5.47. The van der Waals surface area contributed by atoms with Crippen LogP contribution in [0.5, 0.6) is 0 Å². The summed E-state index contributed by atoms with van der Waals surface area (Å²) in [7, 11) is 0. The molecule has 4 nitrogen and oxygen atoms in total. The van der Waals surface area contributed by atoms with Crippen LogP contribution in [0.3, 0.4) is 0 Å². The van der Waals surface area contributed by atoms with Crippen molar-refractivity contribution in [2.75, 3.05) is 16.0 Å². The molecule has 4 rings (SSSR count). The summed E-state index contributed by atoms with van der Waals surface area (Å²) in [5.74, 6) is -0.274. The molecule has 3 aromatic rings. The van der Waals surface area contributed by atoms with Crippen LogP contribution in [0, 0.1) is 19.7 Å². The molecule has 1 aliphatic heterocycles. The van der Waals surface area contributed by atoms with Crippen molar-refractivity contribution in [2.45, 2.75) is 19.2 Å². The summed E-state index contributed by atoms with van der Waals surface area (Å²) in [5.41, 5.74) is 4.20. The van der Waals surface area contributed by atoms with Crippen molar-refractivity contribution >= 4 is 35.0 Å². The molecule has 1 heterocycles. The van der Waals surface area contributed by atoms with Crippen molar-refractivity contribution < 1.29 is 14.0 Å². The SMILES string of the molecule is Cc1ccc(C(=O)Nc2cccc([C@H]3SCC(=O)N3c3cccc(F)c3C)c2)cc1. The molecular weight excluding hydrogens is 399 g/mol. The van der Waals surface area contributed by atoms with Gasteiger partial charge < -0.3 is 5.32 Å². The molecule has 3 aromatic carbocycles. The average molecular weight is 421 g/mol. The van der Waals surface area contributed by atoms with Crippen LogP contribution in [0.4, 0.5) is 15.8 Å². The summed E-state index contributed by atoms with van der Waals surface area (Å²) < 4.78 is 14.1. The molecule has 1 N–H and O–H groups in total. The first kappa shape index (κ1) is 20.2. The molecule has 6 heteroatoms. The van der Waals surface area contributed by atoms with E-state index in [0.29, 0.717) is 28.3 Å². The second-order valence-electron chi connectivity index (χ2n) is 7.26. The van der Waals surface area contributed by atoms with Crippen LogP contribution in [0.1, 0.15) is 32.4 Å². The highest BCUT2D eigenvalue weighted by Crippen LogP contribution is 2.43. The third-order valence-electron chi connectivity index (χ3n) is 5.11. The fourth-order valence-corrected chi connectivity index (χ4v) is 4.63. The number of carbonyl (C=O) groups excluding carboxylic acids is 2. The van der Waals surface area contributed by atoms with E-state index in [1.807, 2.05) is 43.3 Å². The topological polar surface area (TPSA) is 49.4 Å². The molecule has 1 atom stereocenters. The number of nitrogens with zero attached hydrogens (tertiary/aromatic N) is 1. The predicted molar refractivity (Wildman–Crippen MR) is 119 cm³/mol. The second kappa shape index (κ2) is 8.32. The number of hydrogen-bond acceptors (Lipinski definition) is 3. The van der Waals surface area contributed by atoms with Crippen molar-refractivity contribution in [1.82, 2.24) is 0 Å². The third kappa shape index (κ3) is 3.96. The van der Waals surface area contributed by atoms with Crippen molar-refractivity contribution in [3.8, 4) is 0 Å². The Morgan fingerprint density at radius 2 is 1.80 bits per heavy atom. The molecular formula is C24H21FN2O2S. The lowest BCUT2D eigenvalue weighted by molar-refractivity contribution is -0.115. The van der Waals surface area contributed by atoms with E-state index in [-0.39, 0.29) is 23.0 Å². The summed E-state index contributed by atoms with van der Waals surface area (Å²) in [5, 5.41) is 2.63. The summed E-state index contributed by atoms with van der Waals surface area (Å²) in [4.78, 5) is 26.8. The first-order valence-electron chi connectivity index (χ1n) is 9.61. The molecule has 30 heavy (non-hydrogen) atoms. The minimum absolute atomic E-state index is 0.0622. The Labute approximate surface area is 179 Å². The molecule has 0 aliphatic carbocycles. The molecule has 0 spiro atoms. The number of hydrogen-bond donors (Lipinski definition) is 1. The van der Waals surface area contributed by atoms with Gasteiger partial charge in [0.2, 0.25) is 5.91 Å². The number of carbonyl (C=O) groups is 2. The van der Waals surface area contributed by atoms with Crippen molar-refractivity contribution in [2.24, 2.45) is 0 Å². The molecule has 1 fully saturated rings. The highest BCUT2D eigenvalue weighted by atomic mass is 32.2. The maximum Gasteiger partial charge on any atom is 0.255 e. The normalized spacial score (nSPS) is 16.0. The minimum Gasteiger partial charge on any atom is -0.322 e. The van der Waals surface area contributed by atoms with Crippen LogP contribution < -0.4 is 10.2 Å². The molecule has 0 radical (unpaired) electrons. The first-order chi connectivity index (χ1) is 14.4. The monoisotopic (exact) mass is 420 g/mol. The Balaban J connectivity index is 1.61. The van der Waals surface area contributed by atoms with Gasteiger partial charge in [-0.2, -0.15) is 0 Å². The molecule has 0 aromatic heterocycles. The molecule has 2 amide bonds. The van der Waals surface area contributed by atoms with Crippen molar-refractivity contribution in [3.05, 3.63) is 94.8 Å². The quantitative estimate of drug-likeness (QED) is 0.609. The number of rotatable bonds is 4. The van der Waals surface area contributed by atoms with Gasteiger partial charge in [-0.25, -0.2) is 4.39 Å². The van der Waals surface area contributed by atoms with Crippen LogP contribution in [0.25, 0.3) is 0 Å². The molecule has 152 valence electrons. The van der Waals surface area contributed by atoms with Gasteiger partial charge in [0, 0.05) is 16.8 Å². The maximum atomic E-state index is 14.1. The zero-order valence-corrected chi connectivity index (χ0v) is 17.5. The van der Waals surface area contributed by atoms with E-state index in [9.17, 15) is 14.0 Å². The van der Waals surface area contributed by atoms with Crippen LogP contribution >= 0.6 is 11.8 Å². The average Bonchev–Trinajstić information content (AvgIpc) is 3.12. The van der Waals surface area contributed by atoms with Gasteiger partial charge in [-0.15, -0.1) is 11.8 Å². The highest BCUT2D eigenvalue weighted by molar-refractivity contribution is 8.00. The number of aryl methyl sites for hydroxylation is 1. The van der Waals surface area contributed by atoms with E-state index in [4.69, 9.17) is 0 Å².